The smallest absolute Gasteiger partial charge is 0.243 e. The van der Waals surface area contributed by atoms with Gasteiger partial charge in [-0.3, -0.25) is 4.79 Å². The van der Waals surface area contributed by atoms with Crippen LogP contribution in [-0.4, -0.2) is 31.7 Å². The fraction of sp³-hybridized carbons (Fsp3) is 0.800. The van der Waals surface area contributed by atoms with Gasteiger partial charge in [0.2, 0.25) is 15.9 Å². The number of nitrogens with one attached hydrogen (secondary N) is 1. The van der Waals surface area contributed by atoms with E-state index in [1.165, 1.54) is 116 Å². The Bertz CT molecular complexity index is 894. The number of unbranched alkanes of at least 4 members (excludes halogenated alkanes) is 18. The quantitative estimate of drug-likeness (QED) is 0.122. The topological polar surface area (TPSA) is 66.5 Å². The normalized spacial score (nSPS) is 14.5. The molecule has 0 saturated heterocycles. The van der Waals surface area contributed by atoms with Crippen molar-refractivity contribution in [2.24, 2.45) is 0 Å². The Balaban J connectivity index is 1.42. The summed E-state index contributed by atoms with van der Waals surface area (Å²) >= 11 is 0. The van der Waals surface area contributed by atoms with Gasteiger partial charge < -0.3 is 5.32 Å². The summed E-state index contributed by atoms with van der Waals surface area (Å²) in [6.45, 7) is 2.28. The monoisotopic (exact) mass is 590 g/mol. The molecule has 236 valence electrons. The van der Waals surface area contributed by atoms with Crippen LogP contribution < -0.4 is 5.32 Å². The standard InChI is InChI=1S/C35H62N2O3S/c1-3-4-5-6-7-8-9-10-11-12-13-14-15-16-17-18-19-20-24-27-35(38)36-32-28-30-34(31-29-32)41(39,40)37(2)33-25-22-21-23-26-33/h28-31,33H,3-27H2,1-2H3,(H,36,38). The first-order valence-corrected chi connectivity index (χ1v) is 18.8. The van der Waals surface area contributed by atoms with Crippen LogP contribution in [0.5, 0.6) is 0 Å². The van der Waals surface area contributed by atoms with Gasteiger partial charge in [0.15, 0.2) is 0 Å². The zero-order valence-electron chi connectivity index (χ0n) is 26.6. The van der Waals surface area contributed by atoms with Crippen molar-refractivity contribution in [2.45, 2.75) is 178 Å². The Kier molecular flexibility index (Phi) is 19.4. The number of carbonyl (C=O) groups excluding carboxylic acids is 1. The van der Waals surface area contributed by atoms with E-state index in [0.29, 0.717) is 17.0 Å². The number of benzene rings is 1. The first kappa shape index (κ1) is 35.8. The zero-order chi connectivity index (χ0) is 29.6. The van der Waals surface area contributed by atoms with Crippen molar-refractivity contribution < 1.29 is 13.2 Å². The molecule has 0 aliphatic heterocycles. The number of rotatable bonds is 24. The molecule has 0 radical (unpaired) electrons. The average Bonchev–Trinajstić information content (AvgIpc) is 2.98. The molecule has 0 aromatic heterocycles. The van der Waals surface area contributed by atoms with E-state index in [-0.39, 0.29) is 11.9 Å². The lowest BCUT2D eigenvalue weighted by Gasteiger charge is -2.30. The van der Waals surface area contributed by atoms with Gasteiger partial charge in [0.25, 0.3) is 0 Å². The van der Waals surface area contributed by atoms with Crippen molar-refractivity contribution in [3.63, 3.8) is 0 Å². The van der Waals surface area contributed by atoms with Crippen LogP contribution in [0.25, 0.3) is 0 Å². The third-order valence-electron chi connectivity index (χ3n) is 8.91. The number of amides is 1. The number of hydrogen-bond donors (Lipinski definition) is 1. The molecule has 1 aliphatic carbocycles. The van der Waals surface area contributed by atoms with Gasteiger partial charge in [-0.15, -0.1) is 0 Å². The van der Waals surface area contributed by atoms with Crippen LogP contribution in [0.3, 0.4) is 0 Å². The minimum atomic E-state index is -3.50. The molecule has 1 aromatic rings. The second-order valence-corrected chi connectivity index (χ2v) is 14.5. The molecule has 0 bridgehead atoms. The number of sulfonamides is 1. The van der Waals surface area contributed by atoms with Crippen LogP contribution in [0.4, 0.5) is 5.69 Å². The first-order valence-electron chi connectivity index (χ1n) is 17.3. The second-order valence-electron chi connectivity index (χ2n) is 12.5. The van der Waals surface area contributed by atoms with E-state index in [1.807, 2.05) is 0 Å². The summed E-state index contributed by atoms with van der Waals surface area (Å²) in [5, 5.41) is 2.92. The highest BCUT2D eigenvalue weighted by atomic mass is 32.2. The molecule has 41 heavy (non-hydrogen) atoms. The summed E-state index contributed by atoms with van der Waals surface area (Å²) in [6, 6.07) is 6.72. The van der Waals surface area contributed by atoms with E-state index >= 15 is 0 Å². The summed E-state index contributed by atoms with van der Waals surface area (Å²) in [7, 11) is -1.81. The fourth-order valence-electron chi connectivity index (χ4n) is 6.10. The predicted octanol–water partition coefficient (Wildman–Crippen LogP) is 10.4. The van der Waals surface area contributed by atoms with Gasteiger partial charge >= 0.3 is 0 Å². The third kappa shape index (κ3) is 15.6. The first-order chi connectivity index (χ1) is 19.9. The number of nitrogens with zero attached hydrogens (tertiary/aromatic N) is 1. The van der Waals surface area contributed by atoms with E-state index in [2.05, 4.69) is 12.2 Å². The molecule has 0 spiro atoms. The Labute approximate surface area is 253 Å². The average molecular weight is 591 g/mol. The van der Waals surface area contributed by atoms with E-state index in [0.717, 1.165) is 38.5 Å². The van der Waals surface area contributed by atoms with Crippen molar-refractivity contribution >= 4 is 21.6 Å². The van der Waals surface area contributed by atoms with Crippen LogP contribution in [0, 0.1) is 0 Å². The highest BCUT2D eigenvalue weighted by Crippen LogP contribution is 2.27. The molecule has 0 atom stereocenters. The van der Waals surface area contributed by atoms with E-state index in [4.69, 9.17) is 0 Å². The van der Waals surface area contributed by atoms with Gasteiger partial charge in [0.1, 0.15) is 0 Å². The van der Waals surface area contributed by atoms with Crippen molar-refractivity contribution in [1.29, 1.82) is 0 Å². The fourth-order valence-corrected chi connectivity index (χ4v) is 7.52. The number of carbonyl (C=O) groups is 1. The number of anilines is 1. The van der Waals surface area contributed by atoms with E-state index in [1.54, 1.807) is 35.6 Å². The molecule has 1 aromatic carbocycles. The van der Waals surface area contributed by atoms with Crippen molar-refractivity contribution in [3.05, 3.63) is 24.3 Å². The van der Waals surface area contributed by atoms with E-state index in [9.17, 15) is 13.2 Å². The highest BCUT2D eigenvalue weighted by molar-refractivity contribution is 7.89. The molecule has 6 heteroatoms. The van der Waals surface area contributed by atoms with Gasteiger partial charge in [-0.05, 0) is 43.5 Å². The molecule has 5 nitrogen and oxygen atoms in total. The zero-order valence-corrected chi connectivity index (χ0v) is 27.5. The number of hydrogen-bond acceptors (Lipinski definition) is 3. The Morgan fingerprint density at radius 2 is 1.10 bits per heavy atom. The third-order valence-corrected chi connectivity index (χ3v) is 10.8. The van der Waals surface area contributed by atoms with Crippen LogP contribution in [0.2, 0.25) is 0 Å². The Morgan fingerprint density at radius 3 is 1.54 bits per heavy atom. The van der Waals surface area contributed by atoms with Crippen LogP contribution in [0.1, 0.15) is 167 Å². The molecule has 1 N–H and O–H groups in total. The van der Waals surface area contributed by atoms with Gasteiger partial charge in [0.05, 0.1) is 4.90 Å². The predicted molar refractivity (Wildman–Crippen MR) is 175 cm³/mol. The van der Waals surface area contributed by atoms with Gasteiger partial charge in [-0.1, -0.05) is 142 Å². The molecule has 1 aliphatic rings. The SMILES string of the molecule is CCCCCCCCCCCCCCCCCCCCCC(=O)Nc1ccc(S(=O)(=O)N(C)C2CCCCC2)cc1. The molecular formula is C35H62N2O3S. The highest BCUT2D eigenvalue weighted by Gasteiger charge is 2.28. The molecule has 1 amide bonds. The van der Waals surface area contributed by atoms with Crippen LogP contribution >= 0.6 is 0 Å². The lowest BCUT2D eigenvalue weighted by molar-refractivity contribution is -0.116. The maximum atomic E-state index is 13.0. The van der Waals surface area contributed by atoms with Gasteiger partial charge in [-0.25, -0.2) is 8.42 Å². The minimum Gasteiger partial charge on any atom is -0.326 e. The van der Waals surface area contributed by atoms with Crippen molar-refractivity contribution in [1.82, 2.24) is 4.31 Å². The van der Waals surface area contributed by atoms with Crippen LogP contribution in [-0.2, 0) is 14.8 Å². The molecule has 0 unspecified atom stereocenters. The van der Waals surface area contributed by atoms with Crippen molar-refractivity contribution in [3.8, 4) is 0 Å². The second kappa shape index (κ2) is 22.2. The maximum Gasteiger partial charge on any atom is 0.243 e. The lowest BCUT2D eigenvalue weighted by Crippen LogP contribution is -2.38. The summed E-state index contributed by atoms with van der Waals surface area (Å²) in [4.78, 5) is 12.6. The Morgan fingerprint density at radius 1 is 0.683 bits per heavy atom. The van der Waals surface area contributed by atoms with Gasteiger partial charge in [0, 0.05) is 25.2 Å². The summed E-state index contributed by atoms with van der Waals surface area (Å²) in [5.74, 6) is 0.00639. The molecule has 1 fully saturated rings. The summed E-state index contributed by atoms with van der Waals surface area (Å²) < 4.78 is 27.5. The summed E-state index contributed by atoms with van der Waals surface area (Å²) in [5.41, 5.74) is 0.659. The van der Waals surface area contributed by atoms with E-state index < -0.39 is 10.0 Å². The largest absolute Gasteiger partial charge is 0.326 e. The Hall–Kier alpha value is -1.40. The molecule has 0 heterocycles. The molecule has 1 saturated carbocycles. The maximum absolute atomic E-state index is 13.0. The minimum absolute atomic E-state index is 0.00639. The van der Waals surface area contributed by atoms with Crippen LogP contribution in [0.15, 0.2) is 29.2 Å². The van der Waals surface area contributed by atoms with Crippen molar-refractivity contribution in [2.75, 3.05) is 12.4 Å². The lowest BCUT2D eigenvalue weighted by atomic mass is 9.96. The summed E-state index contributed by atoms with van der Waals surface area (Å²) in [6.07, 6.45) is 31.3. The molecular weight excluding hydrogens is 528 g/mol. The van der Waals surface area contributed by atoms with Gasteiger partial charge in [-0.2, -0.15) is 4.31 Å². The molecule has 2 rings (SSSR count).